The van der Waals surface area contributed by atoms with Crippen molar-refractivity contribution in [3.8, 4) is 0 Å². The van der Waals surface area contributed by atoms with E-state index in [0.717, 1.165) is 21.7 Å². The summed E-state index contributed by atoms with van der Waals surface area (Å²) < 4.78 is 35.9. The Bertz CT molecular complexity index is 1190. The molecule has 0 aromatic heterocycles. The Morgan fingerprint density at radius 1 is 1.00 bits per heavy atom. The Hall–Kier alpha value is -3.11. The highest BCUT2D eigenvalue weighted by Gasteiger charge is 2.38. The molecule has 0 bridgehead atoms. The number of hydrogen-bond donors (Lipinski definition) is 2. The van der Waals surface area contributed by atoms with Crippen LogP contribution in [-0.4, -0.2) is 56.6 Å². The number of aliphatic hydroxyl groups excluding tert-OH is 1. The molecule has 0 aliphatic heterocycles. The summed E-state index contributed by atoms with van der Waals surface area (Å²) in [5.41, 5.74) is 0.635. The van der Waals surface area contributed by atoms with Gasteiger partial charge in [0.25, 0.3) is 0 Å². The molecule has 2 aromatic carbocycles. The average molecular weight is 535 g/mol. The molecule has 2 rings (SSSR count). The number of rotatable bonds is 11. The lowest BCUT2D eigenvalue weighted by Gasteiger charge is -2.30. The van der Waals surface area contributed by atoms with Gasteiger partial charge < -0.3 is 19.9 Å². The summed E-state index contributed by atoms with van der Waals surface area (Å²) in [7, 11) is -2.01. The van der Waals surface area contributed by atoms with Gasteiger partial charge in [0, 0.05) is 20.1 Å². The Kier molecular flexibility index (Phi) is 10.1. The smallest absolute Gasteiger partial charge is 0.408 e. The topological polar surface area (TPSA) is 122 Å². The van der Waals surface area contributed by atoms with E-state index in [2.05, 4.69) is 5.32 Å². The van der Waals surface area contributed by atoms with Gasteiger partial charge in [-0.15, -0.1) is 0 Å². The van der Waals surface area contributed by atoms with Gasteiger partial charge in [0.2, 0.25) is 10.0 Å². The van der Waals surface area contributed by atoms with Crippen LogP contribution in [0.4, 0.5) is 10.5 Å². The molecule has 0 spiro atoms. The van der Waals surface area contributed by atoms with Gasteiger partial charge in [-0.1, -0.05) is 36.4 Å². The monoisotopic (exact) mass is 534 g/mol. The first-order valence-electron chi connectivity index (χ1n) is 12.0. The van der Waals surface area contributed by atoms with E-state index in [4.69, 9.17) is 14.6 Å². The first-order valence-corrected chi connectivity index (χ1v) is 13.9. The molecule has 1 atom stereocenters. The number of benzene rings is 2. The highest BCUT2D eigenvalue weighted by Crippen LogP contribution is 2.21. The molecule has 2 N–H and O–H groups in total. The summed E-state index contributed by atoms with van der Waals surface area (Å²) >= 11 is 0. The Morgan fingerprint density at radius 3 is 2.24 bits per heavy atom. The summed E-state index contributed by atoms with van der Waals surface area (Å²) in [6.07, 6.45) is 1.80. The van der Waals surface area contributed by atoms with Crippen molar-refractivity contribution in [3.05, 3.63) is 65.2 Å². The lowest BCUT2D eigenvalue weighted by Crippen LogP contribution is -2.55. The van der Waals surface area contributed by atoms with E-state index >= 15 is 0 Å². The summed E-state index contributed by atoms with van der Waals surface area (Å²) in [5.74, 6) is -0.666. The summed E-state index contributed by atoms with van der Waals surface area (Å²) in [4.78, 5) is 26.0. The van der Waals surface area contributed by atoms with Crippen LogP contribution < -0.4 is 9.62 Å². The number of alkyl carbamates (subject to hydrolysis) is 1. The molecule has 0 fully saturated rings. The molecule has 204 valence electrons. The van der Waals surface area contributed by atoms with Crippen molar-refractivity contribution in [2.45, 2.75) is 64.7 Å². The van der Waals surface area contributed by atoms with Crippen molar-refractivity contribution in [3.63, 3.8) is 0 Å². The number of carbonyl (C=O) groups excluding carboxylic acids is 2. The Labute approximate surface area is 219 Å². The molecule has 0 radical (unpaired) electrons. The van der Waals surface area contributed by atoms with Crippen LogP contribution in [0.5, 0.6) is 0 Å². The zero-order valence-electron chi connectivity index (χ0n) is 22.4. The number of amides is 1. The minimum Gasteiger partial charge on any atom is -0.459 e. The van der Waals surface area contributed by atoms with E-state index in [1.54, 1.807) is 52.0 Å². The normalized spacial score (nSPS) is 13.4. The lowest BCUT2D eigenvalue weighted by molar-refractivity contribution is -0.152. The van der Waals surface area contributed by atoms with Crippen LogP contribution in [0.15, 0.2) is 48.5 Å². The van der Waals surface area contributed by atoms with Crippen LogP contribution >= 0.6 is 0 Å². The third-order valence-electron chi connectivity index (χ3n) is 5.54. The fourth-order valence-corrected chi connectivity index (χ4v) is 4.12. The number of ether oxygens (including phenoxy) is 2. The van der Waals surface area contributed by atoms with Gasteiger partial charge in [0.1, 0.15) is 17.7 Å². The molecular weight excluding hydrogens is 496 g/mol. The summed E-state index contributed by atoms with van der Waals surface area (Å²) in [5, 5.41) is 11.8. The minimum atomic E-state index is -3.45. The SMILES string of the molecule is CN(c1cccc(COC(=O)C(C)(Cc2cccc(CCCO)c2)NC(=O)OC(C)(C)C)c1)S(C)(=O)=O. The van der Waals surface area contributed by atoms with E-state index in [0.29, 0.717) is 24.1 Å². The number of nitrogens with zero attached hydrogens (tertiary/aromatic N) is 1. The predicted octanol–water partition coefficient (Wildman–Crippen LogP) is 3.58. The van der Waals surface area contributed by atoms with Gasteiger partial charge in [-0.3, -0.25) is 4.31 Å². The van der Waals surface area contributed by atoms with E-state index < -0.39 is 33.2 Å². The maximum absolute atomic E-state index is 13.3. The molecule has 1 unspecified atom stereocenters. The van der Waals surface area contributed by atoms with Gasteiger partial charge in [-0.25, -0.2) is 18.0 Å². The van der Waals surface area contributed by atoms with E-state index in [-0.39, 0.29) is 19.6 Å². The molecule has 9 nitrogen and oxygen atoms in total. The number of nitrogens with one attached hydrogen (secondary N) is 1. The summed E-state index contributed by atoms with van der Waals surface area (Å²) in [6, 6.07) is 14.3. The molecule has 37 heavy (non-hydrogen) atoms. The van der Waals surface area contributed by atoms with Crippen molar-refractivity contribution in [2.24, 2.45) is 0 Å². The van der Waals surface area contributed by atoms with Crippen molar-refractivity contribution < 1.29 is 32.6 Å². The molecule has 2 aromatic rings. The fraction of sp³-hybridized carbons (Fsp3) is 0.481. The fourth-order valence-electron chi connectivity index (χ4n) is 3.62. The molecule has 1 amide bonds. The second-order valence-electron chi connectivity index (χ2n) is 10.3. The third-order valence-corrected chi connectivity index (χ3v) is 6.75. The predicted molar refractivity (Wildman–Crippen MR) is 143 cm³/mol. The first kappa shape index (κ1) is 30.1. The van der Waals surface area contributed by atoms with Crippen molar-refractivity contribution in [1.82, 2.24) is 5.32 Å². The number of anilines is 1. The second-order valence-corrected chi connectivity index (χ2v) is 12.3. The molecule has 0 aliphatic carbocycles. The van der Waals surface area contributed by atoms with Crippen molar-refractivity contribution >= 4 is 27.8 Å². The molecule has 0 saturated carbocycles. The highest BCUT2D eigenvalue weighted by atomic mass is 32.2. The van der Waals surface area contributed by atoms with Crippen LogP contribution in [0, 0.1) is 0 Å². The van der Waals surface area contributed by atoms with Crippen molar-refractivity contribution in [1.29, 1.82) is 0 Å². The van der Waals surface area contributed by atoms with Gasteiger partial charge in [-0.2, -0.15) is 0 Å². The van der Waals surface area contributed by atoms with Gasteiger partial charge in [-0.05, 0) is 69.4 Å². The van der Waals surface area contributed by atoms with Crippen molar-refractivity contribution in [2.75, 3.05) is 24.2 Å². The molecule has 0 heterocycles. The molecule has 0 saturated heterocycles. The molecular formula is C27H38N2O7S. The maximum Gasteiger partial charge on any atom is 0.408 e. The second kappa shape index (κ2) is 12.4. The highest BCUT2D eigenvalue weighted by molar-refractivity contribution is 7.92. The standard InChI is InChI=1S/C27H38N2O7S/c1-26(2,3)36-25(32)28-27(4,18-21-11-7-10-20(16-21)13-9-15-30)24(31)35-19-22-12-8-14-23(17-22)29(5)37(6,33)34/h7-8,10-12,14,16-17,30H,9,13,15,18-19H2,1-6H3,(H,28,32). The number of esters is 1. The van der Waals surface area contributed by atoms with Crippen LogP contribution in [0.2, 0.25) is 0 Å². The van der Waals surface area contributed by atoms with E-state index in [1.807, 2.05) is 24.3 Å². The number of aliphatic hydroxyl groups is 1. The minimum absolute atomic E-state index is 0.0790. The van der Waals surface area contributed by atoms with Gasteiger partial charge in [0.15, 0.2) is 0 Å². The molecule has 10 heteroatoms. The lowest BCUT2D eigenvalue weighted by atomic mass is 9.91. The largest absolute Gasteiger partial charge is 0.459 e. The zero-order valence-corrected chi connectivity index (χ0v) is 23.2. The number of sulfonamides is 1. The maximum atomic E-state index is 13.3. The quantitative estimate of drug-likeness (QED) is 0.423. The Balaban J connectivity index is 2.26. The van der Waals surface area contributed by atoms with Gasteiger partial charge in [0.05, 0.1) is 11.9 Å². The van der Waals surface area contributed by atoms with Gasteiger partial charge >= 0.3 is 12.1 Å². The van der Waals surface area contributed by atoms with Crippen LogP contribution in [0.25, 0.3) is 0 Å². The number of aryl methyl sites for hydroxylation is 1. The number of hydrogen-bond acceptors (Lipinski definition) is 7. The van der Waals surface area contributed by atoms with E-state index in [1.165, 1.54) is 7.05 Å². The number of carbonyl (C=O) groups is 2. The zero-order chi connectivity index (χ0) is 27.9. The molecule has 0 aliphatic rings. The van der Waals surface area contributed by atoms with Crippen LogP contribution in [-0.2, 0) is 43.7 Å². The summed E-state index contributed by atoms with van der Waals surface area (Å²) in [6.45, 7) is 6.73. The van der Waals surface area contributed by atoms with Crippen LogP contribution in [0.3, 0.4) is 0 Å². The van der Waals surface area contributed by atoms with Crippen LogP contribution in [0.1, 0.15) is 50.8 Å². The third kappa shape index (κ3) is 9.70. The Morgan fingerprint density at radius 2 is 1.62 bits per heavy atom. The first-order chi connectivity index (χ1) is 17.1. The average Bonchev–Trinajstić information content (AvgIpc) is 2.79. The van der Waals surface area contributed by atoms with E-state index in [9.17, 15) is 18.0 Å².